The van der Waals surface area contributed by atoms with E-state index in [0.717, 1.165) is 17.1 Å². The van der Waals surface area contributed by atoms with Crippen molar-refractivity contribution in [3.8, 4) is 17.3 Å². The van der Waals surface area contributed by atoms with Crippen molar-refractivity contribution in [3.63, 3.8) is 0 Å². The highest BCUT2D eigenvalue weighted by atomic mass is 16.6. The zero-order valence-corrected chi connectivity index (χ0v) is 18.4. The zero-order chi connectivity index (χ0) is 24.1. The molecule has 0 saturated heterocycles. The number of nitro benzene ring substituents is 1. The van der Waals surface area contributed by atoms with E-state index in [1.165, 1.54) is 26.5 Å². The Labute approximate surface area is 194 Å². The SMILES string of the molecule is COCCOc1cc([N+](=O)[O-])c(C(=O)Nc2ccc(-n3cnc4ccccc43)nc2)cc1OC. The number of aromatic nitrogens is 3. The molecule has 2 aromatic heterocycles. The van der Waals surface area contributed by atoms with Gasteiger partial charge in [-0.25, -0.2) is 9.97 Å². The first-order chi connectivity index (χ1) is 16.5. The number of benzene rings is 2. The molecule has 34 heavy (non-hydrogen) atoms. The van der Waals surface area contributed by atoms with E-state index in [2.05, 4.69) is 15.3 Å². The molecule has 0 saturated carbocycles. The predicted molar refractivity (Wildman–Crippen MR) is 124 cm³/mol. The molecular weight excluding hydrogens is 442 g/mol. The maximum atomic E-state index is 12.9. The third-order valence-corrected chi connectivity index (χ3v) is 4.97. The lowest BCUT2D eigenvalue weighted by Crippen LogP contribution is -2.15. The van der Waals surface area contributed by atoms with Gasteiger partial charge in [-0.3, -0.25) is 19.5 Å². The maximum absolute atomic E-state index is 12.9. The van der Waals surface area contributed by atoms with Crippen molar-refractivity contribution < 1.29 is 23.9 Å². The number of fused-ring (bicyclic) bond motifs is 1. The fourth-order valence-corrected chi connectivity index (χ4v) is 3.33. The molecule has 0 bridgehead atoms. The molecular formula is C23H21N5O6. The number of nitrogens with zero attached hydrogens (tertiary/aromatic N) is 4. The van der Waals surface area contributed by atoms with Gasteiger partial charge in [-0.2, -0.15) is 0 Å². The Morgan fingerprint density at radius 1 is 1.09 bits per heavy atom. The Kier molecular flexibility index (Phi) is 6.64. The number of rotatable bonds is 9. The number of ether oxygens (including phenoxy) is 3. The number of imidazole rings is 1. The summed E-state index contributed by atoms with van der Waals surface area (Å²) in [6.07, 6.45) is 3.13. The number of nitrogens with one attached hydrogen (secondary N) is 1. The number of amides is 1. The summed E-state index contributed by atoms with van der Waals surface area (Å²) < 4.78 is 17.5. The van der Waals surface area contributed by atoms with Crippen LogP contribution >= 0.6 is 0 Å². The third-order valence-electron chi connectivity index (χ3n) is 4.97. The molecule has 4 rings (SSSR count). The van der Waals surface area contributed by atoms with Crippen molar-refractivity contribution >= 4 is 28.3 Å². The molecule has 0 aliphatic rings. The van der Waals surface area contributed by atoms with Gasteiger partial charge in [-0.05, 0) is 24.3 Å². The van der Waals surface area contributed by atoms with E-state index in [1.54, 1.807) is 18.5 Å². The summed E-state index contributed by atoms with van der Waals surface area (Å²) >= 11 is 0. The number of carbonyl (C=O) groups excluding carboxylic acids is 1. The highest BCUT2D eigenvalue weighted by Crippen LogP contribution is 2.35. The van der Waals surface area contributed by atoms with E-state index in [0.29, 0.717) is 11.5 Å². The first-order valence-electron chi connectivity index (χ1n) is 10.2. The summed E-state index contributed by atoms with van der Waals surface area (Å²) in [5.74, 6) is 0.252. The molecule has 0 fully saturated rings. The summed E-state index contributed by atoms with van der Waals surface area (Å²) in [6, 6.07) is 13.4. The number of carbonyl (C=O) groups is 1. The van der Waals surface area contributed by atoms with Crippen molar-refractivity contribution in [1.29, 1.82) is 0 Å². The van der Waals surface area contributed by atoms with Gasteiger partial charge in [-0.1, -0.05) is 12.1 Å². The standard InChI is InChI=1S/C23H21N5O6/c1-32-9-10-34-21-12-19(28(30)31)16(11-20(21)33-2)23(29)26-15-7-8-22(24-13-15)27-14-25-17-5-3-4-6-18(17)27/h3-8,11-14H,9-10H2,1-2H3,(H,26,29). The molecule has 2 heterocycles. The van der Waals surface area contributed by atoms with Gasteiger partial charge in [0.1, 0.15) is 24.3 Å². The van der Waals surface area contributed by atoms with Crippen LogP contribution in [0.3, 0.4) is 0 Å². The highest BCUT2D eigenvalue weighted by Gasteiger charge is 2.25. The van der Waals surface area contributed by atoms with Gasteiger partial charge in [0, 0.05) is 13.2 Å². The number of anilines is 1. The highest BCUT2D eigenvalue weighted by molar-refractivity contribution is 6.07. The van der Waals surface area contributed by atoms with Gasteiger partial charge >= 0.3 is 0 Å². The van der Waals surface area contributed by atoms with E-state index in [9.17, 15) is 14.9 Å². The van der Waals surface area contributed by atoms with Crippen LogP contribution in [0.4, 0.5) is 11.4 Å². The van der Waals surface area contributed by atoms with Crippen molar-refractivity contribution in [2.75, 3.05) is 32.8 Å². The number of para-hydroxylation sites is 2. The molecule has 0 spiro atoms. The molecule has 2 aromatic carbocycles. The van der Waals surface area contributed by atoms with Crippen LogP contribution in [-0.4, -0.2) is 52.8 Å². The van der Waals surface area contributed by atoms with Crippen molar-refractivity contribution in [2.45, 2.75) is 0 Å². The summed E-state index contributed by atoms with van der Waals surface area (Å²) in [7, 11) is 2.89. The molecule has 0 atom stereocenters. The van der Waals surface area contributed by atoms with Gasteiger partial charge in [-0.15, -0.1) is 0 Å². The fourth-order valence-electron chi connectivity index (χ4n) is 3.33. The van der Waals surface area contributed by atoms with E-state index < -0.39 is 16.5 Å². The Bertz CT molecular complexity index is 1340. The lowest BCUT2D eigenvalue weighted by atomic mass is 10.1. The molecule has 0 unspecified atom stereocenters. The minimum Gasteiger partial charge on any atom is -0.493 e. The molecule has 1 amide bonds. The van der Waals surface area contributed by atoms with Crippen LogP contribution in [-0.2, 0) is 4.74 Å². The molecule has 174 valence electrons. The summed E-state index contributed by atoms with van der Waals surface area (Å²) in [4.78, 5) is 32.6. The number of pyridine rings is 1. The molecule has 11 heteroatoms. The average molecular weight is 463 g/mol. The van der Waals surface area contributed by atoms with E-state index >= 15 is 0 Å². The van der Waals surface area contributed by atoms with Crippen LogP contribution in [0, 0.1) is 10.1 Å². The van der Waals surface area contributed by atoms with E-state index in [-0.39, 0.29) is 30.3 Å². The van der Waals surface area contributed by atoms with Crippen molar-refractivity contribution in [1.82, 2.24) is 14.5 Å². The Morgan fingerprint density at radius 3 is 2.62 bits per heavy atom. The van der Waals surface area contributed by atoms with Gasteiger partial charge in [0.15, 0.2) is 11.5 Å². The lowest BCUT2D eigenvalue weighted by Gasteiger charge is -2.13. The number of hydrogen-bond acceptors (Lipinski definition) is 8. The minimum atomic E-state index is -0.684. The smallest absolute Gasteiger partial charge is 0.286 e. The summed E-state index contributed by atoms with van der Waals surface area (Å²) in [5.41, 5.74) is 1.50. The molecule has 1 N–H and O–H groups in total. The fraction of sp³-hybridized carbons (Fsp3) is 0.174. The first kappa shape index (κ1) is 22.7. The Balaban J connectivity index is 1.57. The predicted octanol–water partition coefficient (Wildman–Crippen LogP) is 3.61. The second-order valence-electron chi connectivity index (χ2n) is 7.08. The number of hydrogen-bond donors (Lipinski definition) is 1. The topological polar surface area (TPSA) is 131 Å². The average Bonchev–Trinajstić information content (AvgIpc) is 3.28. The summed E-state index contributed by atoms with van der Waals surface area (Å²) in [6.45, 7) is 0.455. The Morgan fingerprint density at radius 2 is 1.91 bits per heavy atom. The molecule has 4 aromatic rings. The van der Waals surface area contributed by atoms with Crippen LogP contribution in [0.2, 0.25) is 0 Å². The maximum Gasteiger partial charge on any atom is 0.286 e. The minimum absolute atomic E-state index is 0.140. The first-order valence-corrected chi connectivity index (χ1v) is 10.2. The van der Waals surface area contributed by atoms with Gasteiger partial charge < -0.3 is 19.5 Å². The monoisotopic (exact) mass is 463 g/mol. The summed E-state index contributed by atoms with van der Waals surface area (Å²) in [5, 5.41) is 14.3. The third kappa shape index (κ3) is 4.64. The van der Waals surface area contributed by atoms with E-state index in [4.69, 9.17) is 14.2 Å². The largest absolute Gasteiger partial charge is 0.493 e. The normalized spacial score (nSPS) is 10.8. The van der Waals surface area contributed by atoms with Crippen LogP contribution in [0.15, 0.2) is 61.1 Å². The second kappa shape index (κ2) is 9.96. The molecule has 0 radical (unpaired) electrons. The van der Waals surface area contributed by atoms with E-state index in [1.807, 2.05) is 28.8 Å². The van der Waals surface area contributed by atoms with Gasteiger partial charge in [0.05, 0.1) is 47.6 Å². The zero-order valence-electron chi connectivity index (χ0n) is 18.4. The Hall–Kier alpha value is -4.51. The quantitative estimate of drug-likeness (QED) is 0.226. The van der Waals surface area contributed by atoms with Crippen LogP contribution in [0.5, 0.6) is 11.5 Å². The van der Waals surface area contributed by atoms with Crippen LogP contribution < -0.4 is 14.8 Å². The molecule has 0 aliphatic carbocycles. The lowest BCUT2D eigenvalue weighted by molar-refractivity contribution is -0.385. The molecule has 11 nitrogen and oxygen atoms in total. The second-order valence-corrected chi connectivity index (χ2v) is 7.08. The van der Waals surface area contributed by atoms with Crippen LogP contribution in [0.1, 0.15) is 10.4 Å². The number of nitro groups is 1. The van der Waals surface area contributed by atoms with Gasteiger partial charge in [0.25, 0.3) is 11.6 Å². The van der Waals surface area contributed by atoms with Crippen LogP contribution in [0.25, 0.3) is 16.9 Å². The van der Waals surface area contributed by atoms with Gasteiger partial charge in [0.2, 0.25) is 0 Å². The van der Waals surface area contributed by atoms with Crippen molar-refractivity contribution in [2.24, 2.45) is 0 Å². The molecule has 0 aliphatic heterocycles. The number of methoxy groups -OCH3 is 2. The van der Waals surface area contributed by atoms with Crippen molar-refractivity contribution in [3.05, 3.63) is 76.7 Å².